The minimum absolute atomic E-state index is 0.132. The van der Waals surface area contributed by atoms with Crippen LogP contribution in [0.4, 0.5) is 8.78 Å². The zero-order chi connectivity index (χ0) is 11.5. The molecule has 0 unspecified atom stereocenters. The first-order valence-corrected chi connectivity index (χ1v) is 4.89. The number of aromatic nitrogens is 2. The number of benzene rings is 1. The average molecular weight is 242 g/mol. The van der Waals surface area contributed by atoms with Gasteiger partial charge in [0.15, 0.2) is 4.77 Å². The van der Waals surface area contributed by atoms with Gasteiger partial charge in [-0.05, 0) is 42.0 Å². The molecular formula is C10H8F2N2OS. The molecule has 0 aliphatic carbocycles. The lowest BCUT2D eigenvalue weighted by molar-refractivity contribution is -0.0498. The van der Waals surface area contributed by atoms with Crippen LogP contribution in [0.3, 0.4) is 0 Å². The zero-order valence-electron chi connectivity index (χ0n) is 8.04. The van der Waals surface area contributed by atoms with E-state index in [1.165, 1.54) is 12.1 Å². The number of hydrogen-bond donors (Lipinski definition) is 2. The van der Waals surface area contributed by atoms with E-state index in [1.54, 1.807) is 18.3 Å². The second-order valence-corrected chi connectivity index (χ2v) is 3.47. The van der Waals surface area contributed by atoms with Crippen LogP contribution in [0, 0.1) is 4.77 Å². The van der Waals surface area contributed by atoms with Crippen LogP contribution in [0.15, 0.2) is 30.5 Å². The highest BCUT2D eigenvalue weighted by Gasteiger charge is 2.04. The summed E-state index contributed by atoms with van der Waals surface area (Å²) in [6, 6.07) is 6.30. The van der Waals surface area contributed by atoms with Crippen LogP contribution < -0.4 is 4.74 Å². The normalized spacial score (nSPS) is 10.7. The molecule has 2 aromatic rings. The van der Waals surface area contributed by atoms with E-state index in [1.807, 2.05) is 0 Å². The van der Waals surface area contributed by atoms with Gasteiger partial charge in [-0.15, -0.1) is 0 Å². The molecule has 0 spiro atoms. The average Bonchev–Trinajstić information content (AvgIpc) is 2.65. The van der Waals surface area contributed by atoms with E-state index >= 15 is 0 Å². The van der Waals surface area contributed by atoms with Gasteiger partial charge >= 0.3 is 6.61 Å². The fourth-order valence-corrected chi connectivity index (χ4v) is 1.47. The van der Waals surface area contributed by atoms with Crippen molar-refractivity contribution in [2.24, 2.45) is 0 Å². The monoisotopic (exact) mass is 242 g/mol. The Hall–Kier alpha value is -1.69. The first-order valence-electron chi connectivity index (χ1n) is 4.48. The van der Waals surface area contributed by atoms with Gasteiger partial charge in [0.1, 0.15) is 5.75 Å². The third-order valence-electron chi connectivity index (χ3n) is 1.99. The predicted octanol–water partition coefficient (Wildman–Crippen LogP) is 3.34. The molecule has 2 N–H and O–H groups in total. The first-order chi connectivity index (χ1) is 7.65. The SMILES string of the molecule is FC(F)Oc1ccc(-c2c[nH]c(=S)[nH]2)cc1. The maximum atomic E-state index is 11.9. The summed E-state index contributed by atoms with van der Waals surface area (Å²) >= 11 is 4.88. The number of rotatable bonds is 3. The number of imidazole rings is 1. The number of hydrogen-bond acceptors (Lipinski definition) is 2. The Labute approximate surface area is 95.1 Å². The Morgan fingerprint density at radius 3 is 2.38 bits per heavy atom. The van der Waals surface area contributed by atoms with Gasteiger partial charge in [-0.25, -0.2) is 0 Å². The van der Waals surface area contributed by atoms with E-state index < -0.39 is 6.61 Å². The van der Waals surface area contributed by atoms with Crippen LogP contribution in [-0.4, -0.2) is 16.6 Å². The third-order valence-corrected chi connectivity index (χ3v) is 2.21. The molecule has 0 atom stereocenters. The molecule has 3 nitrogen and oxygen atoms in total. The quantitative estimate of drug-likeness (QED) is 0.810. The summed E-state index contributed by atoms with van der Waals surface area (Å²) in [5.41, 5.74) is 1.64. The summed E-state index contributed by atoms with van der Waals surface area (Å²) in [7, 11) is 0. The first kappa shape index (κ1) is 10.8. The molecule has 84 valence electrons. The highest BCUT2D eigenvalue weighted by Crippen LogP contribution is 2.21. The molecule has 16 heavy (non-hydrogen) atoms. The van der Waals surface area contributed by atoms with Gasteiger partial charge in [-0.1, -0.05) is 0 Å². The van der Waals surface area contributed by atoms with Crippen molar-refractivity contribution in [3.8, 4) is 17.0 Å². The summed E-state index contributed by atoms with van der Waals surface area (Å²) in [5, 5.41) is 0. The van der Waals surface area contributed by atoms with Gasteiger partial charge in [0, 0.05) is 6.20 Å². The summed E-state index contributed by atoms with van der Waals surface area (Å²) in [4.78, 5) is 5.74. The highest BCUT2D eigenvalue weighted by molar-refractivity contribution is 7.71. The molecule has 0 aliphatic heterocycles. The van der Waals surface area contributed by atoms with Crippen molar-refractivity contribution in [1.29, 1.82) is 0 Å². The van der Waals surface area contributed by atoms with Crippen LogP contribution >= 0.6 is 12.2 Å². The summed E-state index contributed by atoms with van der Waals surface area (Å²) in [6.45, 7) is -2.80. The molecule has 0 saturated heterocycles. The summed E-state index contributed by atoms with van der Waals surface area (Å²) in [5.74, 6) is 0.132. The number of nitrogens with one attached hydrogen (secondary N) is 2. The molecular weight excluding hydrogens is 234 g/mol. The van der Waals surface area contributed by atoms with E-state index in [0.717, 1.165) is 11.3 Å². The predicted molar refractivity (Wildman–Crippen MR) is 58.0 cm³/mol. The third kappa shape index (κ3) is 2.46. The topological polar surface area (TPSA) is 40.8 Å². The number of aromatic amines is 2. The zero-order valence-corrected chi connectivity index (χ0v) is 8.85. The van der Waals surface area contributed by atoms with E-state index in [2.05, 4.69) is 14.7 Å². The standard InChI is InChI=1S/C10H8F2N2OS/c11-9(12)15-7-3-1-6(2-4-7)8-5-13-10(16)14-8/h1-5,9H,(H2,13,14,16). The van der Waals surface area contributed by atoms with Gasteiger partial charge < -0.3 is 14.7 Å². The number of halogens is 2. The lowest BCUT2D eigenvalue weighted by Gasteiger charge is -2.04. The minimum Gasteiger partial charge on any atom is -0.435 e. The Bertz CT molecular complexity index is 518. The van der Waals surface area contributed by atoms with Gasteiger partial charge in [0.05, 0.1) is 5.69 Å². The number of alkyl halides is 2. The Kier molecular flexibility index (Phi) is 3.00. The molecule has 0 aliphatic rings. The molecule has 1 heterocycles. The highest BCUT2D eigenvalue weighted by atomic mass is 32.1. The molecule has 0 amide bonds. The maximum Gasteiger partial charge on any atom is 0.387 e. The van der Waals surface area contributed by atoms with Crippen molar-refractivity contribution < 1.29 is 13.5 Å². The van der Waals surface area contributed by atoms with Crippen molar-refractivity contribution in [1.82, 2.24) is 9.97 Å². The summed E-state index contributed by atoms with van der Waals surface area (Å²) in [6.07, 6.45) is 1.71. The van der Waals surface area contributed by atoms with Crippen molar-refractivity contribution in [2.45, 2.75) is 6.61 Å². The molecule has 2 rings (SSSR count). The fraction of sp³-hybridized carbons (Fsp3) is 0.100. The van der Waals surface area contributed by atoms with Gasteiger partial charge in [-0.2, -0.15) is 8.78 Å². The lowest BCUT2D eigenvalue weighted by Crippen LogP contribution is -2.01. The molecule has 1 aromatic heterocycles. The molecule has 0 fully saturated rings. The van der Waals surface area contributed by atoms with Crippen molar-refractivity contribution >= 4 is 12.2 Å². The van der Waals surface area contributed by atoms with Crippen LogP contribution in [0.1, 0.15) is 0 Å². The van der Waals surface area contributed by atoms with Crippen molar-refractivity contribution in [3.63, 3.8) is 0 Å². The van der Waals surface area contributed by atoms with E-state index in [4.69, 9.17) is 12.2 Å². The Morgan fingerprint density at radius 2 is 1.88 bits per heavy atom. The molecule has 0 saturated carbocycles. The molecule has 0 bridgehead atoms. The van der Waals surface area contributed by atoms with Crippen LogP contribution in [0.25, 0.3) is 11.3 Å². The van der Waals surface area contributed by atoms with E-state index in [-0.39, 0.29) is 5.75 Å². The Morgan fingerprint density at radius 1 is 1.19 bits per heavy atom. The van der Waals surface area contributed by atoms with Gasteiger partial charge in [0.2, 0.25) is 0 Å². The second kappa shape index (κ2) is 4.44. The maximum absolute atomic E-state index is 11.9. The smallest absolute Gasteiger partial charge is 0.387 e. The van der Waals surface area contributed by atoms with Gasteiger partial charge in [0.25, 0.3) is 0 Å². The number of ether oxygens (including phenoxy) is 1. The molecule has 6 heteroatoms. The second-order valence-electron chi connectivity index (χ2n) is 3.06. The lowest BCUT2D eigenvalue weighted by atomic mass is 10.2. The molecule has 1 aromatic carbocycles. The largest absolute Gasteiger partial charge is 0.435 e. The fourth-order valence-electron chi connectivity index (χ4n) is 1.30. The summed E-state index contributed by atoms with van der Waals surface area (Å²) < 4.78 is 28.6. The molecule has 0 radical (unpaired) electrons. The van der Waals surface area contributed by atoms with Crippen LogP contribution in [0.2, 0.25) is 0 Å². The van der Waals surface area contributed by atoms with Crippen LogP contribution in [-0.2, 0) is 0 Å². The van der Waals surface area contributed by atoms with Gasteiger partial charge in [-0.3, -0.25) is 0 Å². The number of H-pyrrole nitrogens is 2. The van der Waals surface area contributed by atoms with E-state index in [9.17, 15) is 8.78 Å². The van der Waals surface area contributed by atoms with E-state index in [0.29, 0.717) is 4.77 Å². The van der Waals surface area contributed by atoms with Crippen molar-refractivity contribution in [2.75, 3.05) is 0 Å². The van der Waals surface area contributed by atoms with Crippen LogP contribution in [0.5, 0.6) is 5.75 Å². The minimum atomic E-state index is -2.80. The van der Waals surface area contributed by atoms with Crippen molar-refractivity contribution in [3.05, 3.63) is 35.2 Å². The Balaban J connectivity index is 2.22.